The quantitative estimate of drug-likeness (QED) is 0.136. The minimum absolute atomic E-state index is 0.0419. The Morgan fingerprint density at radius 1 is 0.836 bits per heavy atom. The molecular formula is C48H45Cl2N3O8. The maximum atomic E-state index is 14.4. The number of carbonyl (C=O) groups excluding carboxylic acids is 3. The summed E-state index contributed by atoms with van der Waals surface area (Å²) in [7, 11) is 1.27. The molecule has 5 aromatic carbocycles. The molecule has 314 valence electrons. The number of fused-ring (bicyclic) bond motifs is 2. The van der Waals surface area contributed by atoms with Gasteiger partial charge in [0.1, 0.15) is 36.1 Å². The highest BCUT2D eigenvalue weighted by Crippen LogP contribution is 2.41. The molecule has 1 N–H and O–H groups in total. The number of benzene rings is 5. The van der Waals surface area contributed by atoms with Crippen LogP contribution in [0.25, 0.3) is 11.1 Å². The van der Waals surface area contributed by atoms with Crippen molar-refractivity contribution < 1.29 is 38.1 Å². The van der Waals surface area contributed by atoms with Gasteiger partial charge in [0.25, 0.3) is 0 Å². The summed E-state index contributed by atoms with van der Waals surface area (Å²) in [6.45, 7) is 7.49. The van der Waals surface area contributed by atoms with Crippen LogP contribution in [0.3, 0.4) is 0 Å². The maximum Gasteiger partial charge on any atom is 0.411 e. The molecule has 2 aliphatic heterocycles. The van der Waals surface area contributed by atoms with Crippen LogP contribution in [0.2, 0.25) is 10.0 Å². The Kier molecular flexibility index (Phi) is 12.5. The first-order chi connectivity index (χ1) is 29.1. The van der Waals surface area contributed by atoms with Crippen LogP contribution in [0.4, 0.5) is 4.79 Å². The first-order valence-electron chi connectivity index (χ1n) is 19.7. The zero-order chi connectivity index (χ0) is 43.5. The number of rotatable bonds is 10. The van der Waals surface area contributed by atoms with Crippen molar-refractivity contribution in [1.82, 2.24) is 10.2 Å². The summed E-state index contributed by atoms with van der Waals surface area (Å²) in [5.74, 6) is 0.508. The van der Waals surface area contributed by atoms with Crippen LogP contribution in [-0.4, -0.2) is 53.8 Å². The van der Waals surface area contributed by atoms with Crippen LogP contribution in [0, 0.1) is 11.3 Å². The number of methoxy groups -OCH3 is 1. The molecule has 2 aliphatic rings. The second-order valence-electron chi connectivity index (χ2n) is 16.3. The predicted molar refractivity (Wildman–Crippen MR) is 231 cm³/mol. The Morgan fingerprint density at radius 3 is 2.13 bits per heavy atom. The lowest BCUT2D eigenvalue weighted by molar-refractivity contribution is -0.151. The maximum absolute atomic E-state index is 14.4. The average Bonchev–Trinajstić information content (AvgIpc) is 3.25. The molecule has 0 radical (unpaired) electrons. The smallest absolute Gasteiger partial charge is 0.411 e. The van der Waals surface area contributed by atoms with Gasteiger partial charge in [-0.25, -0.2) is 9.59 Å². The Balaban J connectivity index is 1.07. The van der Waals surface area contributed by atoms with E-state index < -0.39 is 41.3 Å². The van der Waals surface area contributed by atoms with Gasteiger partial charge in [0.05, 0.1) is 35.3 Å². The number of halogens is 2. The number of hydrogen-bond acceptors (Lipinski definition) is 9. The van der Waals surface area contributed by atoms with Gasteiger partial charge in [-0.05, 0) is 115 Å². The van der Waals surface area contributed by atoms with E-state index in [2.05, 4.69) is 11.4 Å². The second-order valence-corrected chi connectivity index (χ2v) is 17.1. The molecule has 0 saturated heterocycles. The molecule has 0 fully saturated rings. The van der Waals surface area contributed by atoms with E-state index >= 15 is 0 Å². The summed E-state index contributed by atoms with van der Waals surface area (Å²) in [4.78, 5) is 43.0. The molecule has 0 aliphatic carbocycles. The largest absolute Gasteiger partial charge is 0.489 e. The number of nitrogens with one attached hydrogen (secondary N) is 1. The third kappa shape index (κ3) is 10.1. The van der Waals surface area contributed by atoms with E-state index in [4.69, 9.17) is 52.1 Å². The number of ether oxygens (including phenoxy) is 5. The predicted octanol–water partition coefficient (Wildman–Crippen LogP) is 9.58. The molecule has 0 bridgehead atoms. The Bertz CT molecular complexity index is 2480. The lowest BCUT2D eigenvalue weighted by Gasteiger charge is -2.39. The summed E-state index contributed by atoms with van der Waals surface area (Å²) in [5, 5.41) is 13.0. The minimum Gasteiger partial charge on any atom is -0.489 e. The van der Waals surface area contributed by atoms with Gasteiger partial charge in [0.2, 0.25) is 5.91 Å². The molecule has 2 heterocycles. The molecular weight excluding hydrogens is 817 g/mol. The topological polar surface area (TPSA) is 136 Å². The standard InChI is InChI=1S/C48H45Cl2N3O8/c1-47(2,3)61-46(56)53-26-36-23-42-41(59-28-43(60-42)34-15-17-37(18-16-34)58-27-31-10-19-38(49)39(50)20-31)22-35(36)21-40(53)44(54)52-48(4,45(55)57-5)24-29-6-11-32(12-7-29)33-13-8-30(25-51)9-14-33/h6-20,22-23,40,43H,21,24,26-28H2,1-5H3,(H,52,54)/t40?,43-,48+/m1/s1. The van der Waals surface area contributed by atoms with Crippen molar-refractivity contribution in [1.29, 1.82) is 5.26 Å². The van der Waals surface area contributed by atoms with Crippen LogP contribution in [0.1, 0.15) is 67.2 Å². The Hall–Kier alpha value is -6.22. The summed E-state index contributed by atoms with van der Waals surface area (Å²) >= 11 is 12.2. The molecule has 11 nitrogen and oxygen atoms in total. The van der Waals surface area contributed by atoms with Gasteiger partial charge < -0.3 is 29.0 Å². The molecule has 0 saturated carbocycles. The van der Waals surface area contributed by atoms with Crippen molar-refractivity contribution in [3.63, 3.8) is 0 Å². The van der Waals surface area contributed by atoms with Gasteiger partial charge in [0.15, 0.2) is 17.6 Å². The number of nitriles is 1. The monoisotopic (exact) mass is 861 g/mol. The van der Waals surface area contributed by atoms with Crippen LogP contribution in [0.15, 0.2) is 103 Å². The number of carbonyl (C=O) groups is 3. The molecule has 5 aromatic rings. The second kappa shape index (κ2) is 17.8. The third-order valence-electron chi connectivity index (χ3n) is 10.5. The van der Waals surface area contributed by atoms with Crippen LogP contribution in [0.5, 0.6) is 17.2 Å². The van der Waals surface area contributed by atoms with Crippen molar-refractivity contribution in [2.45, 2.75) is 77.0 Å². The first kappa shape index (κ1) is 42.9. The van der Waals surface area contributed by atoms with Crippen molar-refractivity contribution in [3.8, 4) is 34.4 Å². The fourth-order valence-electron chi connectivity index (χ4n) is 7.35. The molecule has 13 heteroatoms. The highest BCUT2D eigenvalue weighted by atomic mass is 35.5. The minimum atomic E-state index is -1.49. The average molecular weight is 863 g/mol. The molecule has 2 amide bonds. The van der Waals surface area contributed by atoms with E-state index in [-0.39, 0.29) is 26.0 Å². The Labute approximate surface area is 365 Å². The summed E-state index contributed by atoms with van der Waals surface area (Å²) < 4.78 is 29.6. The zero-order valence-electron chi connectivity index (χ0n) is 34.4. The zero-order valence-corrected chi connectivity index (χ0v) is 35.9. The van der Waals surface area contributed by atoms with E-state index in [1.807, 2.05) is 78.9 Å². The molecule has 3 atom stereocenters. The third-order valence-corrected chi connectivity index (χ3v) is 11.3. The van der Waals surface area contributed by atoms with Gasteiger partial charge >= 0.3 is 12.1 Å². The van der Waals surface area contributed by atoms with Crippen molar-refractivity contribution in [2.75, 3.05) is 13.7 Å². The van der Waals surface area contributed by atoms with E-state index in [0.717, 1.165) is 38.9 Å². The number of hydrogen-bond donors (Lipinski definition) is 1. The van der Waals surface area contributed by atoms with Crippen molar-refractivity contribution in [2.24, 2.45) is 0 Å². The van der Waals surface area contributed by atoms with Crippen LogP contribution >= 0.6 is 23.2 Å². The van der Waals surface area contributed by atoms with Crippen molar-refractivity contribution in [3.05, 3.63) is 147 Å². The van der Waals surface area contributed by atoms with Gasteiger partial charge in [-0.2, -0.15) is 5.26 Å². The van der Waals surface area contributed by atoms with Crippen LogP contribution < -0.4 is 19.5 Å². The van der Waals surface area contributed by atoms with Gasteiger partial charge in [-0.1, -0.05) is 77.8 Å². The SMILES string of the molecule is COC(=O)[C@](C)(Cc1ccc(-c2ccc(C#N)cc2)cc1)NC(=O)C1Cc2cc3c(cc2CN1C(=O)OC(C)(C)C)O[C@@H](c1ccc(OCc2ccc(Cl)c(Cl)c2)cc1)CO3. The molecule has 0 aromatic heterocycles. The normalized spacial score (nSPS) is 16.6. The lowest BCUT2D eigenvalue weighted by Crippen LogP contribution is -2.61. The van der Waals surface area contributed by atoms with E-state index in [0.29, 0.717) is 39.5 Å². The van der Waals surface area contributed by atoms with E-state index in [1.54, 1.807) is 52.0 Å². The first-order valence-corrected chi connectivity index (χ1v) is 20.5. The van der Waals surface area contributed by atoms with Gasteiger partial charge in [-0.15, -0.1) is 0 Å². The van der Waals surface area contributed by atoms with Gasteiger partial charge in [0, 0.05) is 12.8 Å². The summed E-state index contributed by atoms with van der Waals surface area (Å²) in [6, 6.07) is 32.6. The van der Waals surface area contributed by atoms with Crippen LogP contribution in [-0.2, 0) is 45.1 Å². The number of esters is 1. The fourth-order valence-corrected chi connectivity index (χ4v) is 7.67. The molecule has 1 unspecified atom stereocenters. The van der Waals surface area contributed by atoms with E-state index in [9.17, 15) is 14.4 Å². The number of nitrogens with zero attached hydrogens (tertiary/aromatic N) is 2. The van der Waals surface area contributed by atoms with Gasteiger partial charge in [-0.3, -0.25) is 9.69 Å². The molecule has 61 heavy (non-hydrogen) atoms. The van der Waals surface area contributed by atoms with Crippen molar-refractivity contribution >= 4 is 41.2 Å². The fraction of sp³-hybridized carbons (Fsp3) is 0.292. The highest BCUT2D eigenvalue weighted by Gasteiger charge is 2.43. The number of amides is 2. The highest BCUT2D eigenvalue weighted by molar-refractivity contribution is 6.42. The Morgan fingerprint density at radius 2 is 1.49 bits per heavy atom. The lowest BCUT2D eigenvalue weighted by atomic mass is 9.89. The summed E-state index contributed by atoms with van der Waals surface area (Å²) in [6.07, 6.45) is -0.850. The molecule has 0 spiro atoms. The summed E-state index contributed by atoms with van der Waals surface area (Å²) in [5.41, 5.74) is 4.20. The van der Waals surface area contributed by atoms with E-state index in [1.165, 1.54) is 12.0 Å². The molecule has 7 rings (SSSR count).